The fraction of sp³-hybridized carbons (Fsp3) is 0.312. The highest BCUT2D eigenvalue weighted by Crippen LogP contribution is 2.43. The minimum Gasteiger partial charge on any atom is -0.507 e. The van der Waals surface area contributed by atoms with Crippen molar-refractivity contribution in [2.45, 2.75) is 39.8 Å². The molecule has 0 bridgehead atoms. The molecule has 1 unspecified atom stereocenters. The van der Waals surface area contributed by atoms with Crippen molar-refractivity contribution in [3.05, 3.63) is 89.5 Å². The first-order valence-electron chi connectivity index (χ1n) is 13.1. The fourth-order valence-corrected chi connectivity index (χ4v) is 4.48. The molecular weight excluding hydrogens is 492 g/mol. The zero-order chi connectivity index (χ0) is 28.3. The third-order valence-corrected chi connectivity index (χ3v) is 6.35. The van der Waals surface area contributed by atoms with Crippen LogP contribution in [0.4, 0.5) is 11.4 Å². The Morgan fingerprint density at radius 3 is 2.18 bits per heavy atom. The minimum atomic E-state index is -0.845. The second-order valence-electron chi connectivity index (χ2n) is 10.5. The molecule has 1 heterocycles. The number of aliphatic hydroxyl groups is 1. The summed E-state index contributed by atoms with van der Waals surface area (Å²) in [6, 6.07) is 20.7. The summed E-state index contributed by atoms with van der Waals surface area (Å²) in [6.07, 6.45) is -0.0541. The van der Waals surface area contributed by atoms with E-state index in [-0.39, 0.29) is 17.4 Å². The fourth-order valence-electron chi connectivity index (χ4n) is 4.48. The molecule has 0 aliphatic carbocycles. The van der Waals surface area contributed by atoms with E-state index < -0.39 is 17.7 Å². The number of ether oxygens (including phenoxy) is 2. The Labute approximate surface area is 230 Å². The zero-order valence-corrected chi connectivity index (χ0v) is 23.3. The molecule has 1 saturated heterocycles. The van der Waals surface area contributed by atoms with Gasteiger partial charge in [0.05, 0.1) is 24.3 Å². The third kappa shape index (κ3) is 6.08. The Kier molecular flexibility index (Phi) is 8.29. The van der Waals surface area contributed by atoms with Gasteiger partial charge >= 0.3 is 0 Å². The van der Waals surface area contributed by atoms with Crippen LogP contribution in [-0.2, 0) is 9.59 Å². The van der Waals surface area contributed by atoms with Gasteiger partial charge in [-0.2, -0.15) is 0 Å². The van der Waals surface area contributed by atoms with E-state index in [1.54, 1.807) is 24.3 Å². The summed E-state index contributed by atoms with van der Waals surface area (Å²) in [4.78, 5) is 30.4. The van der Waals surface area contributed by atoms with Crippen LogP contribution in [0.2, 0.25) is 0 Å². The molecule has 1 aliphatic heterocycles. The Morgan fingerprint density at radius 1 is 0.923 bits per heavy atom. The van der Waals surface area contributed by atoms with Crippen LogP contribution in [0.3, 0.4) is 0 Å². The standard InChI is InChI=1S/C32H36N2O5/c1-20(2)19-38-26-16-10-22(11-17-26)30(35)28-29(23-8-7-9-27(18-23)39-21(3)4)34(32(37)31(28)36)25-14-12-24(13-15-25)33(5)6/h7-18,20-21,29,35H,19H2,1-6H3/b30-28-. The third-order valence-electron chi connectivity index (χ3n) is 6.35. The van der Waals surface area contributed by atoms with Crippen LogP contribution < -0.4 is 19.3 Å². The van der Waals surface area contributed by atoms with Gasteiger partial charge in [0, 0.05) is 31.0 Å². The van der Waals surface area contributed by atoms with Crippen LogP contribution in [0.25, 0.3) is 5.76 Å². The van der Waals surface area contributed by atoms with E-state index in [4.69, 9.17) is 9.47 Å². The Morgan fingerprint density at radius 2 is 1.59 bits per heavy atom. The van der Waals surface area contributed by atoms with Crippen molar-refractivity contribution in [1.82, 2.24) is 0 Å². The van der Waals surface area contributed by atoms with Gasteiger partial charge in [-0.05, 0) is 86.0 Å². The van der Waals surface area contributed by atoms with Gasteiger partial charge in [0.2, 0.25) is 0 Å². The van der Waals surface area contributed by atoms with Gasteiger partial charge in [0.15, 0.2) is 0 Å². The first-order valence-corrected chi connectivity index (χ1v) is 13.1. The van der Waals surface area contributed by atoms with E-state index in [2.05, 4.69) is 13.8 Å². The van der Waals surface area contributed by atoms with Gasteiger partial charge in [-0.25, -0.2) is 0 Å². The normalized spacial score (nSPS) is 16.7. The zero-order valence-electron chi connectivity index (χ0n) is 23.3. The van der Waals surface area contributed by atoms with Gasteiger partial charge in [-0.3, -0.25) is 14.5 Å². The number of rotatable bonds is 9. The number of ketones is 1. The van der Waals surface area contributed by atoms with E-state index in [1.165, 1.54) is 4.90 Å². The maximum atomic E-state index is 13.5. The molecule has 204 valence electrons. The highest BCUT2D eigenvalue weighted by atomic mass is 16.5. The number of Topliss-reactive ketones (excluding diaryl/α,β-unsaturated/α-hetero) is 1. The number of hydrogen-bond donors (Lipinski definition) is 1. The van der Waals surface area contributed by atoms with Crippen LogP contribution in [-0.4, -0.2) is 43.6 Å². The molecule has 0 saturated carbocycles. The maximum absolute atomic E-state index is 13.5. The van der Waals surface area contributed by atoms with E-state index in [9.17, 15) is 14.7 Å². The average Bonchev–Trinajstić information content (AvgIpc) is 3.17. The number of aliphatic hydroxyl groups excluding tert-OH is 1. The highest BCUT2D eigenvalue weighted by molar-refractivity contribution is 6.51. The molecule has 3 aromatic rings. The van der Waals surface area contributed by atoms with Crippen molar-refractivity contribution < 1.29 is 24.2 Å². The summed E-state index contributed by atoms with van der Waals surface area (Å²) in [6.45, 7) is 8.56. The number of hydrogen-bond acceptors (Lipinski definition) is 6. The summed E-state index contributed by atoms with van der Waals surface area (Å²) >= 11 is 0. The number of carbonyl (C=O) groups excluding carboxylic acids is 2. The topological polar surface area (TPSA) is 79.3 Å². The molecule has 1 amide bonds. The Bertz CT molecular complexity index is 1360. The molecule has 1 fully saturated rings. The molecule has 1 N–H and O–H groups in total. The predicted molar refractivity (Wildman–Crippen MR) is 155 cm³/mol. The molecule has 7 nitrogen and oxygen atoms in total. The average molecular weight is 529 g/mol. The Hall–Kier alpha value is -4.26. The van der Waals surface area contributed by atoms with Crippen molar-refractivity contribution in [2.24, 2.45) is 5.92 Å². The van der Waals surface area contributed by atoms with Gasteiger partial charge in [0.25, 0.3) is 11.7 Å². The number of benzene rings is 3. The van der Waals surface area contributed by atoms with Gasteiger partial charge in [0.1, 0.15) is 17.3 Å². The molecular formula is C32H36N2O5. The van der Waals surface area contributed by atoms with Crippen LogP contribution in [0.15, 0.2) is 78.4 Å². The second kappa shape index (κ2) is 11.6. The monoisotopic (exact) mass is 528 g/mol. The van der Waals surface area contributed by atoms with Crippen molar-refractivity contribution in [2.75, 3.05) is 30.5 Å². The van der Waals surface area contributed by atoms with Crippen LogP contribution in [0.1, 0.15) is 44.9 Å². The lowest BCUT2D eigenvalue weighted by molar-refractivity contribution is -0.132. The van der Waals surface area contributed by atoms with Crippen molar-refractivity contribution >= 4 is 28.8 Å². The van der Waals surface area contributed by atoms with Gasteiger partial charge in [-0.15, -0.1) is 0 Å². The van der Waals surface area contributed by atoms with Crippen LogP contribution >= 0.6 is 0 Å². The lowest BCUT2D eigenvalue weighted by atomic mass is 9.95. The molecule has 0 aromatic heterocycles. The second-order valence-corrected chi connectivity index (χ2v) is 10.5. The largest absolute Gasteiger partial charge is 0.507 e. The first kappa shape index (κ1) is 27.8. The lowest BCUT2D eigenvalue weighted by Crippen LogP contribution is -2.29. The van der Waals surface area contributed by atoms with Gasteiger partial charge in [-0.1, -0.05) is 26.0 Å². The quantitative estimate of drug-likeness (QED) is 0.202. The van der Waals surface area contributed by atoms with Crippen LogP contribution in [0.5, 0.6) is 11.5 Å². The molecule has 3 aromatic carbocycles. The number of carbonyl (C=O) groups is 2. The lowest BCUT2D eigenvalue weighted by Gasteiger charge is -2.26. The smallest absolute Gasteiger partial charge is 0.300 e. The highest BCUT2D eigenvalue weighted by Gasteiger charge is 2.47. The van der Waals surface area contributed by atoms with Crippen molar-refractivity contribution in [3.8, 4) is 11.5 Å². The van der Waals surface area contributed by atoms with E-state index in [0.717, 1.165) is 5.69 Å². The van der Waals surface area contributed by atoms with Gasteiger partial charge < -0.3 is 19.5 Å². The summed E-state index contributed by atoms with van der Waals surface area (Å²) in [5.74, 6) is -0.0390. The van der Waals surface area contributed by atoms with E-state index >= 15 is 0 Å². The summed E-state index contributed by atoms with van der Waals surface area (Å²) < 4.78 is 11.7. The van der Waals surface area contributed by atoms with Crippen molar-refractivity contribution in [3.63, 3.8) is 0 Å². The predicted octanol–water partition coefficient (Wildman–Crippen LogP) is 6.20. The maximum Gasteiger partial charge on any atom is 0.300 e. The van der Waals surface area contributed by atoms with Crippen LogP contribution in [0, 0.1) is 5.92 Å². The first-order chi connectivity index (χ1) is 18.6. The summed E-state index contributed by atoms with van der Waals surface area (Å²) in [5, 5.41) is 11.4. The molecule has 1 aliphatic rings. The number of nitrogens with zero attached hydrogens (tertiary/aromatic N) is 2. The summed E-state index contributed by atoms with van der Waals surface area (Å²) in [5.41, 5.74) is 2.61. The molecule has 1 atom stereocenters. The number of amides is 1. The molecule has 0 radical (unpaired) electrons. The Balaban J connectivity index is 1.83. The molecule has 39 heavy (non-hydrogen) atoms. The SMILES string of the molecule is CC(C)COc1ccc(/C(O)=C2/C(=O)C(=O)N(c3ccc(N(C)C)cc3)C2c2cccc(OC(C)C)c2)cc1. The molecule has 0 spiro atoms. The summed E-state index contributed by atoms with van der Waals surface area (Å²) in [7, 11) is 3.86. The van der Waals surface area contributed by atoms with E-state index in [0.29, 0.717) is 40.8 Å². The van der Waals surface area contributed by atoms with Crippen molar-refractivity contribution in [1.29, 1.82) is 0 Å². The van der Waals surface area contributed by atoms with E-state index in [1.807, 2.05) is 81.4 Å². The molecule has 7 heteroatoms. The number of anilines is 2. The molecule has 4 rings (SSSR count). The minimum absolute atomic E-state index is 0.0224.